The molecule has 1 aromatic rings. The molecule has 2 saturated heterocycles. The van der Waals surface area contributed by atoms with E-state index in [4.69, 9.17) is 0 Å². The van der Waals surface area contributed by atoms with Crippen molar-refractivity contribution in [3.8, 4) is 0 Å². The molecule has 2 fully saturated rings. The molecule has 122 valence electrons. The van der Waals surface area contributed by atoms with Crippen LogP contribution in [0.3, 0.4) is 0 Å². The lowest BCUT2D eigenvalue weighted by atomic mass is 9.71. The summed E-state index contributed by atoms with van der Waals surface area (Å²) in [5.74, 6) is 0.398. The van der Waals surface area contributed by atoms with Gasteiger partial charge in [-0.3, -0.25) is 9.69 Å². The van der Waals surface area contributed by atoms with Gasteiger partial charge in [0.1, 0.15) is 0 Å². The van der Waals surface area contributed by atoms with Crippen molar-refractivity contribution in [1.82, 2.24) is 9.80 Å². The Labute approximate surface area is 136 Å². The van der Waals surface area contributed by atoms with Gasteiger partial charge in [0.25, 0.3) is 0 Å². The smallest absolute Gasteiger partial charge is 0.219 e. The molecule has 0 radical (unpaired) electrons. The molecule has 1 aromatic heterocycles. The van der Waals surface area contributed by atoms with Crippen LogP contribution in [0.25, 0.3) is 0 Å². The monoisotopic (exact) mass is 322 g/mol. The number of aliphatic hydroxyl groups is 1. The Hall–Kier alpha value is -0.910. The lowest BCUT2D eigenvalue weighted by Gasteiger charge is -2.42. The standard InChI is InChI=1S/C17H26N2O2S/c1-13-3-4-16(22-13)10-18-7-5-17(6-8-18)12-19(14(2)21)9-15(17)11-20/h3-4,15,20H,5-12H2,1-2H3. The van der Waals surface area contributed by atoms with Gasteiger partial charge < -0.3 is 10.0 Å². The summed E-state index contributed by atoms with van der Waals surface area (Å²) in [5, 5.41) is 9.74. The highest BCUT2D eigenvalue weighted by atomic mass is 32.1. The Morgan fingerprint density at radius 3 is 2.68 bits per heavy atom. The molecule has 2 aliphatic heterocycles. The van der Waals surface area contributed by atoms with Crippen molar-refractivity contribution in [2.45, 2.75) is 33.2 Å². The maximum Gasteiger partial charge on any atom is 0.219 e. The molecule has 3 rings (SSSR count). The number of piperidine rings is 1. The molecule has 3 heterocycles. The molecule has 1 spiro atoms. The molecular formula is C17H26N2O2S. The van der Waals surface area contributed by atoms with Crippen molar-refractivity contribution in [2.75, 3.05) is 32.8 Å². The number of aryl methyl sites for hydroxylation is 1. The molecule has 1 unspecified atom stereocenters. The van der Waals surface area contributed by atoms with Gasteiger partial charge in [-0.25, -0.2) is 0 Å². The molecular weight excluding hydrogens is 296 g/mol. The van der Waals surface area contributed by atoms with Crippen molar-refractivity contribution in [3.63, 3.8) is 0 Å². The van der Waals surface area contributed by atoms with Gasteiger partial charge in [0.15, 0.2) is 0 Å². The zero-order chi connectivity index (χ0) is 15.7. The van der Waals surface area contributed by atoms with Gasteiger partial charge in [0, 0.05) is 48.8 Å². The number of hydrogen-bond donors (Lipinski definition) is 1. The van der Waals surface area contributed by atoms with Gasteiger partial charge in [-0.1, -0.05) is 0 Å². The van der Waals surface area contributed by atoms with Crippen LogP contribution in [0.4, 0.5) is 0 Å². The summed E-state index contributed by atoms with van der Waals surface area (Å²) in [7, 11) is 0. The van der Waals surface area contributed by atoms with Crippen LogP contribution in [0, 0.1) is 18.3 Å². The maximum absolute atomic E-state index is 11.7. The van der Waals surface area contributed by atoms with Gasteiger partial charge in [-0.05, 0) is 50.4 Å². The summed E-state index contributed by atoms with van der Waals surface area (Å²) in [6.45, 7) is 8.73. The summed E-state index contributed by atoms with van der Waals surface area (Å²) in [5.41, 5.74) is 0.141. The molecule has 0 aliphatic carbocycles. The van der Waals surface area contributed by atoms with Crippen molar-refractivity contribution >= 4 is 17.2 Å². The van der Waals surface area contributed by atoms with E-state index in [1.807, 2.05) is 16.2 Å². The van der Waals surface area contributed by atoms with Gasteiger partial charge in [0.2, 0.25) is 5.91 Å². The van der Waals surface area contributed by atoms with Gasteiger partial charge in [0.05, 0.1) is 0 Å². The summed E-state index contributed by atoms with van der Waals surface area (Å²) < 4.78 is 0. The Morgan fingerprint density at radius 2 is 2.14 bits per heavy atom. The molecule has 0 saturated carbocycles. The van der Waals surface area contributed by atoms with Gasteiger partial charge in [-0.15, -0.1) is 11.3 Å². The molecule has 2 aliphatic rings. The SMILES string of the molecule is CC(=O)N1CC(CO)C2(CCN(Cc3ccc(C)s3)CC2)C1. The van der Waals surface area contributed by atoms with E-state index in [2.05, 4.69) is 24.0 Å². The summed E-state index contributed by atoms with van der Waals surface area (Å²) >= 11 is 1.88. The molecule has 4 nitrogen and oxygen atoms in total. The topological polar surface area (TPSA) is 43.8 Å². The van der Waals surface area contributed by atoms with E-state index < -0.39 is 0 Å². The summed E-state index contributed by atoms with van der Waals surface area (Å²) in [4.78, 5) is 18.9. The van der Waals surface area contributed by atoms with Crippen LogP contribution < -0.4 is 0 Å². The minimum atomic E-state index is 0.141. The number of aliphatic hydroxyl groups excluding tert-OH is 1. The fraction of sp³-hybridized carbons (Fsp3) is 0.706. The Balaban J connectivity index is 1.61. The van der Waals surface area contributed by atoms with Crippen LogP contribution in [-0.4, -0.2) is 53.6 Å². The Kier molecular flexibility index (Phi) is 4.57. The quantitative estimate of drug-likeness (QED) is 0.927. The normalized spacial score (nSPS) is 25.0. The highest BCUT2D eigenvalue weighted by Crippen LogP contribution is 2.44. The number of carbonyl (C=O) groups excluding carboxylic acids is 1. The molecule has 0 bridgehead atoms. The number of likely N-dealkylation sites (tertiary alicyclic amines) is 2. The van der Waals surface area contributed by atoms with E-state index in [1.165, 1.54) is 9.75 Å². The predicted octanol–water partition coefficient (Wildman–Crippen LogP) is 2.11. The minimum absolute atomic E-state index is 0.141. The number of hydrogen-bond acceptors (Lipinski definition) is 4. The third-order valence-electron chi connectivity index (χ3n) is 5.51. The average molecular weight is 322 g/mol. The third-order valence-corrected chi connectivity index (χ3v) is 6.49. The largest absolute Gasteiger partial charge is 0.396 e. The fourth-order valence-electron chi connectivity index (χ4n) is 4.04. The van der Waals surface area contributed by atoms with Crippen LogP contribution >= 0.6 is 11.3 Å². The van der Waals surface area contributed by atoms with Crippen molar-refractivity contribution in [1.29, 1.82) is 0 Å². The zero-order valence-electron chi connectivity index (χ0n) is 13.5. The van der Waals surface area contributed by atoms with Crippen LogP contribution in [0.1, 0.15) is 29.5 Å². The van der Waals surface area contributed by atoms with E-state index >= 15 is 0 Å². The number of thiophene rings is 1. The first-order valence-electron chi connectivity index (χ1n) is 8.16. The van der Waals surface area contributed by atoms with Crippen LogP contribution in [0.15, 0.2) is 12.1 Å². The number of nitrogens with zero attached hydrogens (tertiary/aromatic N) is 2. The van der Waals surface area contributed by atoms with Gasteiger partial charge in [-0.2, -0.15) is 0 Å². The van der Waals surface area contributed by atoms with Crippen molar-refractivity contribution in [2.24, 2.45) is 11.3 Å². The first-order chi connectivity index (χ1) is 10.5. The average Bonchev–Trinajstić information content (AvgIpc) is 3.06. The molecule has 1 atom stereocenters. The van der Waals surface area contributed by atoms with Crippen LogP contribution in [0.2, 0.25) is 0 Å². The molecule has 22 heavy (non-hydrogen) atoms. The first-order valence-corrected chi connectivity index (χ1v) is 8.98. The molecule has 0 aromatic carbocycles. The second-order valence-electron chi connectivity index (χ2n) is 6.93. The van der Waals surface area contributed by atoms with E-state index in [0.717, 1.165) is 45.6 Å². The van der Waals surface area contributed by atoms with Crippen molar-refractivity contribution in [3.05, 3.63) is 21.9 Å². The highest BCUT2D eigenvalue weighted by Gasteiger charge is 2.48. The van der Waals surface area contributed by atoms with E-state index in [-0.39, 0.29) is 23.8 Å². The predicted molar refractivity (Wildman–Crippen MR) is 88.8 cm³/mol. The van der Waals surface area contributed by atoms with Gasteiger partial charge >= 0.3 is 0 Å². The Morgan fingerprint density at radius 1 is 1.41 bits per heavy atom. The minimum Gasteiger partial charge on any atom is -0.396 e. The summed E-state index contributed by atoms with van der Waals surface area (Å²) in [6, 6.07) is 4.42. The van der Waals surface area contributed by atoms with E-state index in [9.17, 15) is 9.90 Å². The van der Waals surface area contributed by atoms with Crippen LogP contribution in [0.5, 0.6) is 0 Å². The Bertz CT molecular complexity index is 535. The second kappa shape index (κ2) is 6.30. The van der Waals surface area contributed by atoms with Crippen molar-refractivity contribution < 1.29 is 9.90 Å². The molecule has 1 amide bonds. The fourth-order valence-corrected chi connectivity index (χ4v) is 4.97. The van der Waals surface area contributed by atoms with Crippen LogP contribution in [-0.2, 0) is 11.3 Å². The highest BCUT2D eigenvalue weighted by molar-refractivity contribution is 7.11. The van der Waals surface area contributed by atoms with E-state index in [1.54, 1.807) is 6.92 Å². The lowest BCUT2D eigenvalue weighted by Crippen LogP contribution is -2.44. The number of carbonyl (C=O) groups is 1. The number of amides is 1. The maximum atomic E-state index is 11.7. The zero-order valence-corrected chi connectivity index (χ0v) is 14.4. The molecule has 5 heteroatoms. The molecule has 1 N–H and O–H groups in total. The first kappa shape index (κ1) is 16.0. The second-order valence-corrected chi connectivity index (χ2v) is 8.30. The number of rotatable bonds is 3. The third kappa shape index (κ3) is 3.07. The lowest BCUT2D eigenvalue weighted by molar-refractivity contribution is -0.128. The van der Waals surface area contributed by atoms with E-state index in [0.29, 0.717) is 0 Å². The summed E-state index contributed by atoms with van der Waals surface area (Å²) in [6.07, 6.45) is 2.18.